The molecule has 2 aliphatic carbocycles. The predicted octanol–water partition coefficient (Wildman–Crippen LogP) is 2.98. The van der Waals surface area contributed by atoms with E-state index < -0.39 is 0 Å². The minimum absolute atomic E-state index is 0.0147. The summed E-state index contributed by atoms with van der Waals surface area (Å²) in [5, 5.41) is 3.04. The number of aromatic amines is 1. The Balaban J connectivity index is 1.80. The first-order chi connectivity index (χ1) is 11.6. The molecule has 130 valence electrons. The molecule has 1 amide bonds. The van der Waals surface area contributed by atoms with E-state index in [0.717, 1.165) is 25.7 Å². The number of fused-ring (bicyclic) bond motifs is 1. The van der Waals surface area contributed by atoms with Crippen LogP contribution in [0.15, 0.2) is 10.9 Å². The Morgan fingerprint density at radius 2 is 1.96 bits per heavy atom. The van der Waals surface area contributed by atoms with Crippen molar-refractivity contribution in [3.63, 3.8) is 0 Å². The van der Waals surface area contributed by atoms with Crippen molar-refractivity contribution in [3.8, 4) is 0 Å². The van der Waals surface area contributed by atoms with E-state index >= 15 is 0 Å². The SMILES string of the molecule is CC[C@H](NC(=O)c1cc2c([nH]c1=O)CCCC2=O)C1CCCCC1. The predicted molar refractivity (Wildman–Crippen MR) is 92.5 cm³/mol. The summed E-state index contributed by atoms with van der Waals surface area (Å²) in [6.45, 7) is 2.07. The van der Waals surface area contributed by atoms with Crippen LogP contribution < -0.4 is 10.9 Å². The number of aryl methyl sites for hydroxylation is 1. The summed E-state index contributed by atoms with van der Waals surface area (Å²) in [6, 6.07) is 1.60. The molecule has 1 atom stereocenters. The van der Waals surface area contributed by atoms with Crippen LogP contribution in [-0.4, -0.2) is 22.7 Å². The lowest BCUT2D eigenvalue weighted by Gasteiger charge is -2.30. The Bertz CT molecular complexity index is 686. The highest BCUT2D eigenvalue weighted by Gasteiger charge is 2.26. The monoisotopic (exact) mass is 330 g/mol. The second kappa shape index (κ2) is 7.32. The molecule has 2 N–H and O–H groups in total. The number of rotatable bonds is 4. The topological polar surface area (TPSA) is 79.0 Å². The number of carbonyl (C=O) groups is 2. The van der Waals surface area contributed by atoms with E-state index in [1.807, 2.05) is 0 Å². The molecule has 0 bridgehead atoms. The summed E-state index contributed by atoms with van der Waals surface area (Å²) in [6.07, 6.45) is 8.77. The zero-order valence-corrected chi connectivity index (χ0v) is 14.3. The first kappa shape index (κ1) is 16.9. The van der Waals surface area contributed by atoms with Crippen LogP contribution in [0.25, 0.3) is 0 Å². The molecule has 0 spiro atoms. The first-order valence-electron chi connectivity index (χ1n) is 9.20. The van der Waals surface area contributed by atoms with Gasteiger partial charge in [-0.25, -0.2) is 0 Å². The summed E-state index contributed by atoms with van der Waals surface area (Å²) >= 11 is 0. The molecule has 0 aliphatic heterocycles. The average Bonchev–Trinajstić information content (AvgIpc) is 2.60. The molecule has 5 nitrogen and oxygen atoms in total. The van der Waals surface area contributed by atoms with Gasteiger partial charge in [-0.1, -0.05) is 26.2 Å². The van der Waals surface area contributed by atoms with Crippen molar-refractivity contribution in [3.05, 3.63) is 33.2 Å². The van der Waals surface area contributed by atoms with Crippen molar-refractivity contribution in [2.75, 3.05) is 0 Å². The van der Waals surface area contributed by atoms with Crippen LogP contribution in [0.2, 0.25) is 0 Å². The van der Waals surface area contributed by atoms with Crippen molar-refractivity contribution in [1.29, 1.82) is 0 Å². The van der Waals surface area contributed by atoms with E-state index in [2.05, 4.69) is 17.2 Å². The van der Waals surface area contributed by atoms with Crippen LogP contribution in [0.1, 0.15) is 84.7 Å². The van der Waals surface area contributed by atoms with E-state index in [0.29, 0.717) is 30.0 Å². The van der Waals surface area contributed by atoms with Crippen LogP contribution in [0.5, 0.6) is 0 Å². The van der Waals surface area contributed by atoms with E-state index in [4.69, 9.17) is 0 Å². The molecular weight excluding hydrogens is 304 g/mol. The van der Waals surface area contributed by atoms with Crippen LogP contribution in [-0.2, 0) is 6.42 Å². The van der Waals surface area contributed by atoms with Gasteiger partial charge in [0.25, 0.3) is 11.5 Å². The molecule has 1 saturated carbocycles. The van der Waals surface area contributed by atoms with Crippen LogP contribution in [0.4, 0.5) is 0 Å². The lowest BCUT2D eigenvalue weighted by molar-refractivity contribution is 0.0909. The molecule has 1 heterocycles. The number of Topliss-reactive ketones (excluding diaryl/α,β-unsaturated/α-hetero) is 1. The maximum atomic E-state index is 12.6. The van der Waals surface area contributed by atoms with Gasteiger partial charge in [-0.2, -0.15) is 0 Å². The molecular formula is C19H26N2O3. The van der Waals surface area contributed by atoms with Crippen molar-refractivity contribution in [2.45, 2.75) is 70.8 Å². The van der Waals surface area contributed by atoms with Gasteiger partial charge in [-0.05, 0) is 44.1 Å². The zero-order valence-electron chi connectivity index (χ0n) is 14.3. The van der Waals surface area contributed by atoms with Gasteiger partial charge in [0.2, 0.25) is 0 Å². The minimum atomic E-state index is -0.389. The molecule has 1 aromatic heterocycles. The largest absolute Gasteiger partial charge is 0.349 e. The van der Waals surface area contributed by atoms with Gasteiger partial charge in [-0.15, -0.1) is 0 Å². The molecule has 24 heavy (non-hydrogen) atoms. The van der Waals surface area contributed by atoms with Crippen molar-refractivity contribution < 1.29 is 9.59 Å². The Morgan fingerprint density at radius 1 is 1.21 bits per heavy atom. The summed E-state index contributed by atoms with van der Waals surface area (Å²) in [5.74, 6) is 0.154. The standard InChI is InChI=1S/C19H26N2O3/c1-2-15(12-7-4-3-5-8-12)20-18(23)14-11-13-16(21-19(14)24)9-6-10-17(13)22/h11-12,15H,2-10H2,1H3,(H,20,23)(H,21,24)/t15-/m0/s1. The molecule has 2 aliphatic rings. The Kier molecular flexibility index (Phi) is 5.17. The van der Waals surface area contributed by atoms with Gasteiger partial charge in [0.1, 0.15) is 5.56 Å². The maximum Gasteiger partial charge on any atom is 0.261 e. The fraction of sp³-hybridized carbons (Fsp3) is 0.632. The first-order valence-corrected chi connectivity index (χ1v) is 9.20. The van der Waals surface area contributed by atoms with Crippen LogP contribution in [0, 0.1) is 5.92 Å². The van der Waals surface area contributed by atoms with Gasteiger partial charge >= 0.3 is 0 Å². The second-order valence-electron chi connectivity index (χ2n) is 7.07. The number of hydrogen-bond acceptors (Lipinski definition) is 3. The quantitative estimate of drug-likeness (QED) is 0.891. The molecule has 1 aromatic rings. The smallest absolute Gasteiger partial charge is 0.261 e. The van der Waals surface area contributed by atoms with Crippen molar-refractivity contribution >= 4 is 11.7 Å². The molecule has 3 rings (SSSR count). The zero-order chi connectivity index (χ0) is 17.1. The third-order valence-electron chi connectivity index (χ3n) is 5.47. The van der Waals surface area contributed by atoms with E-state index in [1.54, 1.807) is 0 Å². The normalized spacial score (nSPS) is 19.6. The highest BCUT2D eigenvalue weighted by Crippen LogP contribution is 2.28. The van der Waals surface area contributed by atoms with Gasteiger partial charge in [0.05, 0.1) is 0 Å². The number of nitrogens with one attached hydrogen (secondary N) is 2. The summed E-state index contributed by atoms with van der Waals surface area (Å²) in [7, 11) is 0. The average molecular weight is 330 g/mol. The maximum absolute atomic E-state index is 12.6. The fourth-order valence-electron chi connectivity index (χ4n) is 4.08. The number of hydrogen-bond donors (Lipinski definition) is 2. The third kappa shape index (κ3) is 3.45. The molecule has 5 heteroatoms. The highest BCUT2D eigenvalue weighted by atomic mass is 16.2. The van der Waals surface area contributed by atoms with Gasteiger partial charge in [-0.3, -0.25) is 14.4 Å². The Hall–Kier alpha value is -1.91. The molecule has 1 fully saturated rings. The fourth-order valence-corrected chi connectivity index (χ4v) is 4.08. The lowest BCUT2D eigenvalue weighted by Crippen LogP contribution is -2.42. The lowest BCUT2D eigenvalue weighted by atomic mass is 9.83. The third-order valence-corrected chi connectivity index (χ3v) is 5.47. The van der Waals surface area contributed by atoms with Crippen LogP contribution in [0.3, 0.4) is 0 Å². The van der Waals surface area contributed by atoms with Crippen molar-refractivity contribution in [2.24, 2.45) is 5.92 Å². The van der Waals surface area contributed by atoms with E-state index in [9.17, 15) is 14.4 Å². The van der Waals surface area contributed by atoms with Gasteiger partial charge in [0, 0.05) is 23.7 Å². The Labute approximate surface area is 142 Å². The second-order valence-corrected chi connectivity index (χ2v) is 7.07. The summed E-state index contributed by atoms with van der Waals surface area (Å²) < 4.78 is 0. The van der Waals surface area contributed by atoms with E-state index in [-0.39, 0.29) is 28.9 Å². The minimum Gasteiger partial charge on any atom is -0.349 e. The van der Waals surface area contributed by atoms with Gasteiger partial charge in [0.15, 0.2) is 5.78 Å². The highest BCUT2D eigenvalue weighted by molar-refractivity contribution is 6.01. The number of H-pyrrole nitrogens is 1. The van der Waals surface area contributed by atoms with Crippen LogP contribution >= 0.6 is 0 Å². The summed E-state index contributed by atoms with van der Waals surface area (Å²) in [4.78, 5) is 39.7. The number of carbonyl (C=O) groups excluding carboxylic acids is 2. The molecule has 0 unspecified atom stereocenters. The summed E-state index contributed by atoms with van der Waals surface area (Å²) in [5.41, 5.74) is 0.863. The molecule has 0 saturated heterocycles. The van der Waals surface area contributed by atoms with E-state index in [1.165, 1.54) is 25.3 Å². The Morgan fingerprint density at radius 3 is 2.67 bits per heavy atom. The number of aromatic nitrogens is 1. The van der Waals surface area contributed by atoms with Gasteiger partial charge < -0.3 is 10.3 Å². The number of pyridine rings is 1. The molecule has 0 aromatic carbocycles. The number of amides is 1. The number of ketones is 1. The van der Waals surface area contributed by atoms with Crippen molar-refractivity contribution in [1.82, 2.24) is 10.3 Å². The molecule has 0 radical (unpaired) electrons.